The Labute approximate surface area is 154 Å². The van der Waals surface area contributed by atoms with Crippen molar-refractivity contribution in [1.82, 2.24) is 19.6 Å². The molecule has 1 aliphatic rings. The zero-order chi connectivity index (χ0) is 18.8. The van der Waals surface area contributed by atoms with Gasteiger partial charge in [-0.3, -0.25) is 14.3 Å². The Balaban J connectivity index is 1.69. The molecule has 1 aromatic heterocycles. The van der Waals surface area contributed by atoms with E-state index >= 15 is 0 Å². The van der Waals surface area contributed by atoms with Gasteiger partial charge in [0.05, 0.1) is 18.8 Å². The summed E-state index contributed by atoms with van der Waals surface area (Å²) in [7, 11) is 1.89. The number of carbonyl (C=O) groups excluding carboxylic acids is 2. The van der Waals surface area contributed by atoms with Crippen molar-refractivity contribution in [1.29, 1.82) is 0 Å². The third kappa shape index (κ3) is 3.49. The van der Waals surface area contributed by atoms with E-state index in [4.69, 9.17) is 0 Å². The van der Waals surface area contributed by atoms with E-state index in [1.807, 2.05) is 62.8 Å². The van der Waals surface area contributed by atoms with Crippen molar-refractivity contribution in [3.05, 3.63) is 52.8 Å². The van der Waals surface area contributed by atoms with Crippen molar-refractivity contribution in [2.45, 2.75) is 39.8 Å². The molecule has 26 heavy (non-hydrogen) atoms. The minimum absolute atomic E-state index is 0.00665. The van der Waals surface area contributed by atoms with E-state index in [0.29, 0.717) is 13.1 Å². The average Bonchev–Trinajstić information content (AvgIpc) is 2.87. The summed E-state index contributed by atoms with van der Waals surface area (Å²) >= 11 is 0. The summed E-state index contributed by atoms with van der Waals surface area (Å²) in [4.78, 5) is 28.8. The molecule has 2 heterocycles. The van der Waals surface area contributed by atoms with Crippen molar-refractivity contribution in [2.75, 3.05) is 13.1 Å². The maximum absolute atomic E-state index is 12.8. The van der Waals surface area contributed by atoms with E-state index in [9.17, 15) is 9.59 Å². The number of aryl methyl sites for hydroxylation is 2. The largest absolute Gasteiger partial charge is 0.331 e. The van der Waals surface area contributed by atoms with Gasteiger partial charge in [0.2, 0.25) is 11.8 Å². The Morgan fingerprint density at radius 2 is 1.85 bits per heavy atom. The van der Waals surface area contributed by atoms with Gasteiger partial charge in [-0.25, -0.2) is 0 Å². The molecule has 1 aliphatic heterocycles. The van der Waals surface area contributed by atoms with Crippen LogP contribution in [0.15, 0.2) is 30.3 Å². The van der Waals surface area contributed by atoms with E-state index in [2.05, 4.69) is 5.10 Å². The maximum atomic E-state index is 12.8. The molecule has 0 unspecified atom stereocenters. The number of hydrogen-bond acceptors (Lipinski definition) is 3. The van der Waals surface area contributed by atoms with Crippen molar-refractivity contribution in [3.63, 3.8) is 0 Å². The van der Waals surface area contributed by atoms with Gasteiger partial charge in [-0.1, -0.05) is 30.3 Å². The molecule has 1 atom stereocenters. The summed E-state index contributed by atoms with van der Waals surface area (Å²) < 4.78 is 1.82. The van der Waals surface area contributed by atoms with Crippen LogP contribution in [0.25, 0.3) is 0 Å². The fraction of sp³-hybridized carbons (Fsp3) is 0.450. The highest BCUT2D eigenvalue weighted by atomic mass is 16.2. The van der Waals surface area contributed by atoms with Gasteiger partial charge in [0.15, 0.2) is 0 Å². The van der Waals surface area contributed by atoms with Gasteiger partial charge in [-0.15, -0.1) is 0 Å². The first-order chi connectivity index (χ1) is 12.4. The molecule has 2 amide bonds. The topological polar surface area (TPSA) is 58.4 Å². The Hall–Kier alpha value is -2.63. The Morgan fingerprint density at radius 3 is 2.46 bits per heavy atom. The number of piperazine rings is 1. The highest BCUT2D eigenvalue weighted by Gasteiger charge is 2.36. The van der Waals surface area contributed by atoms with Crippen LogP contribution >= 0.6 is 0 Å². The molecule has 1 fully saturated rings. The van der Waals surface area contributed by atoms with Gasteiger partial charge in [-0.2, -0.15) is 5.10 Å². The minimum Gasteiger partial charge on any atom is -0.331 e. The van der Waals surface area contributed by atoms with Crippen LogP contribution in [0.1, 0.15) is 29.4 Å². The Morgan fingerprint density at radius 1 is 1.15 bits per heavy atom. The first kappa shape index (κ1) is 18.2. The summed E-state index contributed by atoms with van der Waals surface area (Å²) in [6, 6.07) is 9.58. The molecule has 1 saturated heterocycles. The molecule has 138 valence electrons. The third-order valence-corrected chi connectivity index (χ3v) is 5.28. The SMILES string of the molecule is Cc1nn(C)c(C)c1CN1C(=O)CN(CCc2ccccc2)C(=O)[C@H]1C. The number of carbonyl (C=O) groups is 2. The maximum Gasteiger partial charge on any atom is 0.245 e. The molecule has 0 aliphatic carbocycles. The lowest BCUT2D eigenvalue weighted by atomic mass is 10.1. The molecule has 0 spiro atoms. The van der Waals surface area contributed by atoms with E-state index in [0.717, 1.165) is 23.4 Å². The van der Waals surface area contributed by atoms with Crippen LogP contribution < -0.4 is 0 Å². The summed E-state index contributed by atoms with van der Waals surface area (Å²) in [6.45, 7) is 6.89. The van der Waals surface area contributed by atoms with Crippen molar-refractivity contribution in [2.24, 2.45) is 7.05 Å². The van der Waals surface area contributed by atoms with Crippen LogP contribution in [0, 0.1) is 13.8 Å². The van der Waals surface area contributed by atoms with E-state index in [-0.39, 0.29) is 18.4 Å². The van der Waals surface area contributed by atoms with Gasteiger partial charge in [-0.05, 0) is 32.8 Å². The quantitative estimate of drug-likeness (QED) is 0.823. The molecular formula is C20H26N4O2. The molecular weight excluding hydrogens is 328 g/mol. The third-order valence-electron chi connectivity index (χ3n) is 5.28. The first-order valence-corrected chi connectivity index (χ1v) is 8.99. The lowest BCUT2D eigenvalue weighted by Crippen LogP contribution is -2.58. The van der Waals surface area contributed by atoms with Crippen LogP contribution in [0.2, 0.25) is 0 Å². The van der Waals surface area contributed by atoms with Crippen LogP contribution in [-0.4, -0.2) is 50.5 Å². The summed E-state index contributed by atoms with van der Waals surface area (Å²) in [5, 5.41) is 4.41. The minimum atomic E-state index is -0.453. The van der Waals surface area contributed by atoms with E-state index in [1.165, 1.54) is 5.56 Å². The first-order valence-electron chi connectivity index (χ1n) is 8.99. The monoisotopic (exact) mass is 354 g/mol. The molecule has 0 radical (unpaired) electrons. The molecule has 6 nitrogen and oxygen atoms in total. The lowest BCUT2D eigenvalue weighted by Gasteiger charge is -2.39. The van der Waals surface area contributed by atoms with Crippen molar-refractivity contribution in [3.8, 4) is 0 Å². The molecule has 1 aromatic carbocycles. The molecule has 6 heteroatoms. The van der Waals surface area contributed by atoms with Crippen LogP contribution in [0.4, 0.5) is 0 Å². The number of hydrogen-bond donors (Lipinski definition) is 0. The van der Waals surface area contributed by atoms with Gasteiger partial charge in [0.1, 0.15) is 6.04 Å². The summed E-state index contributed by atoms with van der Waals surface area (Å²) in [5.41, 5.74) is 4.13. The smallest absolute Gasteiger partial charge is 0.245 e. The van der Waals surface area contributed by atoms with Gasteiger partial charge in [0.25, 0.3) is 0 Å². The highest BCUT2D eigenvalue weighted by molar-refractivity contribution is 5.94. The second-order valence-electron chi connectivity index (χ2n) is 6.97. The number of rotatable bonds is 5. The lowest BCUT2D eigenvalue weighted by molar-refractivity contribution is -0.155. The predicted octanol–water partition coefficient (Wildman–Crippen LogP) is 1.84. The molecule has 3 rings (SSSR count). The van der Waals surface area contributed by atoms with Crippen molar-refractivity contribution < 1.29 is 9.59 Å². The van der Waals surface area contributed by atoms with Crippen LogP contribution in [0.3, 0.4) is 0 Å². The molecule has 0 N–H and O–H groups in total. The fourth-order valence-electron chi connectivity index (χ4n) is 3.49. The zero-order valence-corrected chi connectivity index (χ0v) is 15.9. The van der Waals surface area contributed by atoms with E-state index < -0.39 is 6.04 Å². The van der Waals surface area contributed by atoms with Crippen LogP contribution in [-0.2, 0) is 29.6 Å². The predicted molar refractivity (Wildman–Crippen MR) is 99.4 cm³/mol. The average molecular weight is 354 g/mol. The second-order valence-corrected chi connectivity index (χ2v) is 6.97. The van der Waals surface area contributed by atoms with Crippen molar-refractivity contribution >= 4 is 11.8 Å². The highest BCUT2D eigenvalue weighted by Crippen LogP contribution is 2.20. The van der Waals surface area contributed by atoms with Gasteiger partial charge < -0.3 is 9.80 Å². The Bertz CT molecular complexity index is 813. The molecule has 0 bridgehead atoms. The van der Waals surface area contributed by atoms with E-state index in [1.54, 1.807) is 9.80 Å². The number of amides is 2. The number of benzene rings is 1. The van der Waals surface area contributed by atoms with Gasteiger partial charge in [0, 0.05) is 24.8 Å². The molecule has 2 aromatic rings. The number of aromatic nitrogens is 2. The van der Waals surface area contributed by atoms with Gasteiger partial charge >= 0.3 is 0 Å². The zero-order valence-electron chi connectivity index (χ0n) is 15.9. The summed E-state index contributed by atoms with van der Waals surface area (Å²) in [6.07, 6.45) is 0.757. The molecule has 0 saturated carbocycles. The standard InChI is InChI=1S/C20H26N4O2/c1-14-18(15(2)22(4)21-14)12-24-16(3)20(26)23(13-19(24)25)11-10-17-8-6-5-7-9-17/h5-9,16H,10-13H2,1-4H3/t16-/m1/s1. The fourth-order valence-corrected chi connectivity index (χ4v) is 3.49. The second kappa shape index (κ2) is 7.32. The normalized spacial score (nSPS) is 17.9. The Kier molecular flexibility index (Phi) is 5.11. The summed E-state index contributed by atoms with van der Waals surface area (Å²) in [5.74, 6) is 0.00698. The number of nitrogens with zero attached hydrogens (tertiary/aromatic N) is 4. The van der Waals surface area contributed by atoms with Crippen LogP contribution in [0.5, 0.6) is 0 Å².